The summed E-state index contributed by atoms with van der Waals surface area (Å²) in [5.74, 6) is 0.947. The molecule has 0 aliphatic rings. The Kier molecular flexibility index (Phi) is 6.04. The van der Waals surface area contributed by atoms with Crippen LogP contribution in [-0.4, -0.2) is 13.6 Å². The predicted molar refractivity (Wildman–Crippen MR) is 88.7 cm³/mol. The lowest BCUT2D eigenvalue weighted by Crippen LogP contribution is -2.16. The first kappa shape index (κ1) is 15.3. The highest BCUT2D eigenvalue weighted by atomic mass is 16.5. The third kappa shape index (κ3) is 4.47. The standard InChI is InChI=1S/C19H23NO/c1-3-9-16-12-7-8-13-18(16)21-19(14-15-20-2)17-10-5-4-6-11-17/h3-8,10-13,19-20H,1,9,14-15H2,2H3. The summed E-state index contributed by atoms with van der Waals surface area (Å²) < 4.78 is 6.30. The van der Waals surface area contributed by atoms with Gasteiger partial charge in [-0.2, -0.15) is 0 Å². The van der Waals surface area contributed by atoms with E-state index in [0.717, 1.165) is 25.1 Å². The van der Waals surface area contributed by atoms with Crippen molar-refractivity contribution in [2.45, 2.75) is 18.9 Å². The van der Waals surface area contributed by atoms with E-state index in [0.29, 0.717) is 0 Å². The number of benzene rings is 2. The Morgan fingerprint density at radius 1 is 1.10 bits per heavy atom. The van der Waals surface area contributed by atoms with Crippen LogP contribution >= 0.6 is 0 Å². The molecule has 0 fully saturated rings. The van der Waals surface area contributed by atoms with Crippen LogP contribution in [-0.2, 0) is 6.42 Å². The molecule has 2 nitrogen and oxygen atoms in total. The highest BCUT2D eigenvalue weighted by molar-refractivity contribution is 5.35. The molecule has 1 N–H and O–H groups in total. The lowest BCUT2D eigenvalue weighted by molar-refractivity contribution is 0.193. The number of hydrogen-bond acceptors (Lipinski definition) is 2. The van der Waals surface area contributed by atoms with Crippen LogP contribution in [0.1, 0.15) is 23.7 Å². The molecule has 0 bridgehead atoms. The van der Waals surface area contributed by atoms with Crippen molar-refractivity contribution >= 4 is 0 Å². The zero-order valence-electron chi connectivity index (χ0n) is 12.6. The van der Waals surface area contributed by atoms with Gasteiger partial charge in [-0.1, -0.05) is 54.6 Å². The van der Waals surface area contributed by atoms with E-state index in [2.05, 4.69) is 42.2 Å². The van der Waals surface area contributed by atoms with Crippen LogP contribution in [0.2, 0.25) is 0 Å². The minimum atomic E-state index is 0.0598. The van der Waals surface area contributed by atoms with Crippen LogP contribution in [0, 0.1) is 0 Å². The van der Waals surface area contributed by atoms with Crippen molar-refractivity contribution in [1.29, 1.82) is 0 Å². The van der Waals surface area contributed by atoms with Gasteiger partial charge in [0.25, 0.3) is 0 Å². The van der Waals surface area contributed by atoms with Gasteiger partial charge in [0.2, 0.25) is 0 Å². The van der Waals surface area contributed by atoms with Gasteiger partial charge < -0.3 is 10.1 Å². The van der Waals surface area contributed by atoms with E-state index in [4.69, 9.17) is 4.74 Å². The molecule has 0 amide bonds. The second kappa shape index (κ2) is 8.28. The second-order valence-corrected chi connectivity index (χ2v) is 5.01. The third-order valence-electron chi connectivity index (χ3n) is 3.43. The Hall–Kier alpha value is -2.06. The SMILES string of the molecule is C=CCc1ccccc1OC(CCNC)c1ccccc1. The summed E-state index contributed by atoms with van der Waals surface area (Å²) >= 11 is 0. The molecule has 21 heavy (non-hydrogen) atoms. The van der Waals surface area contributed by atoms with Gasteiger partial charge in [-0.3, -0.25) is 0 Å². The average molecular weight is 281 g/mol. The smallest absolute Gasteiger partial charge is 0.125 e. The number of rotatable bonds is 8. The Labute approximate surface area is 127 Å². The maximum Gasteiger partial charge on any atom is 0.125 e. The summed E-state index contributed by atoms with van der Waals surface area (Å²) in [6.07, 6.45) is 3.73. The molecule has 1 unspecified atom stereocenters. The Balaban J connectivity index is 2.20. The van der Waals surface area contributed by atoms with E-state index in [1.54, 1.807) is 0 Å². The molecule has 0 heterocycles. The molecule has 2 heteroatoms. The number of para-hydroxylation sites is 1. The predicted octanol–water partition coefficient (Wildman–Crippen LogP) is 4.14. The normalized spacial score (nSPS) is 11.9. The zero-order chi connectivity index (χ0) is 14.9. The van der Waals surface area contributed by atoms with Crippen LogP contribution in [0.4, 0.5) is 0 Å². The molecule has 0 saturated heterocycles. The highest BCUT2D eigenvalue weighted by Crippen LogP contribution is 2.27. The highest BCUT2D eigenvalue weighted by Gasteiger charge is 2.14. The number of ether oxygens (including phenoxy) is 1. The molecule has 0 saturated carbocycles. The number of hydrogen-bond donors (Lipinski definition) is 1. The molecular formula is C19H23NO. The summed E-state index contributed by atoms with van der Waals surface area (Å²) in [4.78, 5) is 0. The lowest BCUT2D eigenvalue weighted by atomic mass is 10.1. The summed E-state index contributed by atoms with van der Waals surface area (Å²) in [7, 11) is 1.97. The van der Waals surface area contributed by atoms with Crippen molar-refractivity contribution in [3.63, 3.8) is 0 Å². The zero-order valence-corrected chi connectivity index (χ0v) is 12.6. The molecule has 0 aliphatic carbocycles. The van der Waals surface area contributed by atoms with E-state index < -0.39 is 0 Å². The van der Waals surface area contributed by atoms with Crippen molar-refractivity contribution < 1.29 is 4.74 Å². The van der Waals surface area contributed by atoms with Crippen molar-refractivity contribution in [2.75, 3.05) is 13.6 Å². The average Bonchev–Trinajstić information content (AvgIpc) is 2.54. The monoisotopic (exact) mass is 281 g/mol. The van der Waals surface area contributed by atoms with Crippen LogP contribution in [0.15, 0.2) is 67.3 Å². The first-order valence-corrected chi connectivity index (χ1v) is 7.40. The van der Waals surface area contributed by atoms with E-state index in [1.165, 1.54) is 11.1 Å². The molecule has 0 radical (unpaired) electrons. The fraction of sp³-hybridized carbons (Fsp3) is 0.263. The largest absolute Gasteiger partial charge is 0.485 e. The third-order valence-corrected chi connectivity index (χ3v) is 3.43. The summed E-state index contributed by atoms with van der Waals surface area (Å²) in [5.41, 5.74) is 2.39. The summed E-state index contributed by atoms with van der Waals surface area (Å²) in [5, 5.41) is 3.20. The number of nitrogens with one attached hydrogen (secondary N) is 1. The van der Waals surface area contributed by atoms with Crippen molar-refractivity contribution in [2.24, 2.45) is 0 Å². The first-order valence-electron chi connectivity index (χ1n) is 7.40. The van der Waals surface area contributed by atoms with Crippen LogP contribution in [0.3, 0.4) is 0 Å². The Bertz CT molecular complexity index is 551. The van der Waals surface area contributed by atoms with Crippen LogP contribution < -0.4 is 10.1 Å². The lowest BCUT2D eigenvalue weighted by Gasteiger charge is -2.21. The van der Waals surface area contributed by atoms with E-state index in [1.807, 2.05) is 37.4 Å². The van der Waals surface area contributed by atoms with Crippen LogP contribution in [0.5, 0.6) is 5.75 Å². The Morgan fingerprint density at radius 2 is 1.81 bits per heavy atom. The maximum atomic E-state index is 6.30. The molecule has 2 aromatic rings. The fourth-order valence-corrected chi connectivity index (χ4v) is 2.33. The molecule has 0 aromatic heterocycles. The van der Waals surface area contributed by atoms with Crippen molar-refractivity contribution in [3.05, 3.63) is 78.4 Å². The molecular weight excluding hydrogens is 258 g/mol. The molecule has 1 atom stereocenters. The van der Waals surface area contributed by atoms with Gasteiger partial charge in [0, 0.05) is 6.42 Å². The molecule has 110 valence electrons. The molecule has 0 aliphatic heterocycles. The van der Waals surface area contributed by atoms with Gasteiger partial charge in [0.05, 0.1) is 0 Å². The van der Waals surface area contributed by atoms with E-state index in [-0.39, 0.29) is 6.10 Å². The molecule has 2 rings (SSSR count). The summed E-state index contributed by atoms with van der Waals surface area (Å²) in [6, 6.07) is 18.6. The van der Waals surface area contributed by atoms with E-state index in [9.17, 15) is 0 Å². The quantitative estimate of drug-likeness (QED) is 0.734. The van der Waals surface area contributed by atoms with Gasteiger partial charge in [-0.25, -0.2) is 0 Å². The van der Waals surface area contributed by atoms with Crippen LogP contribution in [0.25, 0.3) is 0 Å². The minimum Gasteiger partial charge on any atom is -0.485 e. The summed E-state index contributed by atoms with van der Waals surface area (Å²) in [6.45, 7) is 4.74. The van der Waals surface area contributed by atoms with Gasteiger partial charge >= 0.3 is 0 Å². The van der Waals surface area contributed by atoms with Gasteiger partial charge in [-0.15, -0.1) is 6.58 Å². The molecule has 0 spiro atoms. The van der Waals surface area contributed by atoms with Crippen molar-refractivity contribution in [3.8, 4) is 5.75 Å². The topological polar surface area (TPSA) is 21.3 Å². The van der Waals surface area contributed by atoms with Gasteiger partial charge in [-0.05, 0) is 37.2 Å². The second-order valence-electron chi connectivity index (χ2n) is 5.01. The fourth-order valence-electron chi connectivity index (χ4n) is 2.33. The maximum absolute atomic E-state index is 6.30. The van der Waals surface area contributed by atoms with E-state index >= 15 is 0 Å². The van der Waals surface area contributed by atoms with Gasteiger partial charge in [0.1, 0.15) is 11.9 Å². The molecule has 2 aromatic carbocycles. The number of allylic oxidation sites excluding steroid dienone is 1. The Morgan fingerprint density at radius 3 is 2.52 bits per heavy atom. The minimum absolute atomic E-state index is 0.0598. The first-order chi connectivity index (χ1) is 10.3. The van der Waals surface area contributed by atoms with Crippen molar-refractivity contribution in [1.82, 2.24) is 5.32 Å². The van der Waals surface area contributed by atoms with Gasteiger partial charge in [0.15, 0.2) is 0 Å².